The molecule has 0 saturated carbocycles. The Morgan fingerprint density at radius 2 is 2.46 bits per heavy atom. The van der Waals surface area contributed by atoms with E-state index in [1.165, 1.54) is 7.11 Å². The maximum absolute atomic E-state index is 11.2. The number of hydrogen-bond donors (Lipinski definition) is 1. The third kappa shape index (κ3) is 2.84. The zero-order valence-electron chi connectivity index (χ0n) is 8.08. The molecule has 0 amide bonds. The first-order chi connectivity index (χ1) is 6.27. The second-order valence-electron chi connectivity index (χ2n) is 3.39. The predicted octanol–water partition coefficient (Wildman–Crippen LogP) is 1.25. The molecule has 1 aliphatic heterocycles. The fourth-order valence-corrected chi connectivity index (χ4v) is 1.73. The lowest BCUT2D eigenvalue weighted by Crippen LogP contribution is -2.46. The van der Waals surface area contributed by atoms with E-state index in [0.717, 1.165) is 25.7 Å². The molecule has 1 aliphatic rings. The molecule has 0 aliphatic carbocycles. The largest absolute Gasteiger partial charge is 0.468 e. The van der Waals surface area contributed by atoms with Gasteiger partial charge < -0.3 is 10.1 Å². The van der Waals surface area contributed by atoms with E-state index in [1.807, 2.05) is 6.08 Å². The van der Waals surface area contributed by atoms with E-state index in [4.69, 9.17) is 0 Å². The van der Waals surface area contributed by atoms with Gasteiger partial charge >= 0.3 is 5.97 Å². The Balaban J connectivity index is 2.41. The van der Waals surface area contributed by atoms with E-state index in [0.29, 0.717) is 6.04 Å². The van der Waals surface area contributed by atoms with Crippen LogP contribution < -0.4 is 5.32 Å². The molecule has 1 saturated heterocycles. The summed E-state index contributed by atoms with van der Waals surface area (Å²) in [7, 11) is 1.43. The van der Waals surface area contributed by atoms with Gasteiger partial charge in [-0.05, 0) is 25.7 Å². The van der Waals surface area contributed by atoms with E-state index in [1.54, 1.807) is 0 Å². The first kappa shape index (κ1) is 10.3. The van der Waals surface area contributed by atoms with Gasteiger partial charge in [-0.15, -0.1) is 6.58 Å². The van der Waals surface area contributed by atoms with E-state index in [-0.39, 0.29) is 12.0 Å². The van der Waals surface area contributed by atoms with Crippen molar-refractivity contribution in [2.45, 2.75) is 37.8 Å². The maximum atomic E-state index is 11.2. The second kappa shape index (κ2) is 5.02. The van der Waals surface area contributed by atoms with Gasteiger partial charge in [-0.3, -0.25) is 4.79 Å². The molecule has 3 nitrogen and oxygen atoms in total. The number of esters is 1. The molecular weight excluding hydrogens is 166 g/mol. The Bertz CT molecular complexity index is 191. The Kier molecular flexibility index (Phi) is 3.96. The van der Waals surface area contributed by atoms with Crippen molar-refractivity contribution in [3.63, 3.8) is 0 Å². The van der Waals surface area contributed by atoms with E-state index in [2.05, 4.69) is 16.6 Å². The molecular formula is C10H17NO2. The van der Waals surface area contributed by atoms with Gasteiger partial charge in [0.2, 0.25) is 0 Å². The number of ether oxygens (including phenoxy) is 1. The van der Waals surface area contributed by atoms with Crippen molar-refractivity contribution < 1.29 is 9.53 Å². The van der Waals surface area contributed by atoms with Crippen LogP contribution in [-0.2, 0) is 9.53 Å². The fourth-order valence-electron chi connectivity index (χ4n) is 1.73. The van der Waals surface area contributed by atoms with Crippen LogP contribution in [0.15, 0.2) is 12.7 Å². The summed E-state index contributed by atoms with van der Waals surface area (Å²) in [6.07, 6.45) is 5.91. The van der Waals surface area contributed by atoms with Gasteiger partial charge in [0.1, 0.15) is 6.04 Å². The Morgan fingerprint density at radius 3 is 3.08 bits per heavy atom. The Hall–Kier alpha value is -0.830. The van der Waals surface area contributed by atoms with Crippen LogP contribution in [0.1, 0.15) is 25.7 Å². The normalized spacial score (nSPS) is 28.1. The standard InChI is InChI=1S/C10H17NO2/c1-3-5-8-6-4-7-9(11-8)10(12)13-2/h3,8-9,11H,1,4-7H2,2H3/t8?,9-/m0/s1. The first-order valence-electron chi connectivity index (χ1n) is 4.72. The first-order valence-corrected chi connectivity index (χ1v) is 4.72. The van der Waals surface area contributed by atoms with Crippen molar-refractivity contribution in [3.8, 4) is 0 Å². The summed E-state index contributed by atoms with van der Waals surface area (Å²) < 4.78 is 4.69. The van der Waals surface area contributed by atoms with Crippen molar-refractivity contribution in [2.24, 2.45) is 0 Å². The molecule has 0 aromatic heterocycles. The monoisotopic (exact) mass is 183 g/mol. The van der Waals surface area contributed by atoms with E-state index in [9.17, 15) is 4.79 Å². The number of carbonyl (C=O) groups excluding carboxylic acids is 1. The molecule has 1 unspecified atom stereocenters. The quantitative estimate of drug-likeness (QED) is 0.528. The summed E-state index contributed by atoms with van der Waals surface area (Å²) in [6.45, 7) is 3.69. The molecule has 1 rings (SSSR count). The maximum Gasteiger partial charge on any atom is 0.322 e. The van der Waals surface area contributed by atoms with Gasteiger partial charge in [0.25, 0.3) is 0 Å². The van der Waals surface area contributed by atoms with Crippen LogP contribution in [0.5, 0.6) is 0 Å². The number of carbonyl (C=O) groups is 1. The van der Waals surface area contributed by atoms with Crippen molar-refractivity contribution in [3.05, 3.63) is 12.7 Å². The highest BCUT2D eigenvalue weighted by molar-refractivity contribution is 5.75. The summed E-state index contributed by atoms with van der Waals surface area (Å²) in [6, 6.07) is 0.291. The molecule has 1 N–H and O–H groups in total. The van der Waals surface area contributed by atoms with E-state index >= 15 is 0 Å². The molecule has 1 heterocycles. The molecule has 13 heavy (non-hydrogen) atoms. The van der Waals surface area contributed by atoms with Crippen LogP contribution >= 0.6 is 0 Å². The molecule has 0 radical (unpaired) electrons. The van der Waals surface area contributed by atoms with Crippen molar-refractivity contribution in [1.29, 1.82) is 0 Å². The van der Waals surface area contributed by atoms with Crippen LogP contribution in [0, 0.1) is 0 Å². The SMILES string of the molecule is C=CCC1CCC[C@@H](C(=O)OC)N1. The molecule has 3 heteroatoms. The zero-order chi connectivity index (χ0) is 9.68. The van der Waals surface area contributed by atoms with Gasteiger partial charge in [0.15, 0.2) is 0 Å². The number of methoxy groups -OCH3 is 1. The summed E-state index contributed by atoms with van der Waals surface area (Å²) >= 11 is 0. The zero-order valence-corrected chi connectivity index (χ0v) is 8.08. The van der Waals surface area contributed by atoms with Gasteiger partial charge in [0, 0.05) is 6.04 Å². The topological polar surface area (TPSA) is 38.3 Å². The highest BCUT2D eigenvalue weighted by Crippen LogP contribution is 2.15. The third-order valence-electron chi connectivity index (χ3n) is 2.42. The van der Waals surface area contributed by atoms with Crippen LogP contribution in [0.2, 0.25) is 0 Å². The van der Waals surface area contributed by atoms with Gasteiger partial charge in [-0.25, -0.2) is 0 Å². The summed E-state index contributed by atoms with van der Waals surface area (Å²) in [4.78, 5) is 11.2. The van der Waals surface area contributed by atoms with Crippen LogP contribution in [0.4, 0.5) is 0 Å². The van der Waals surface area contributed by atoms with Gasteiger partial charge in [-0.2, -0.15) is 0 Å². The van der Waals surface area contributed by atoms with Crippen molar-refractivity contribution in [1.82, 2.24) is 5.32 Å². The number of hydrogen-bond acceptors (Lipinski definition) is 3. The molecule has 2 atom stereocenters. The van der Waals surface area contributed by atoms with Gasteiger partial charge in [-0.1, -0.05) is 6.08 Å². The minimum absolute atomic E-state index is 0.108. The molecule has 1 fully saturated rings. The number of rotatable bonds is 3. The molecule has 0 bridgehead atoms. The highest BCUT2D eigenvalue weighted by Gasteiger charge is 2.25. The number of nitrogens with one attached hydrogen (secondary N) is 1. The fraction of sp³-hybridized carbons (Fsp3) is 0.700. The minimum atomic E-state index is -0.145. The van der Waals surface area contributed by atoms with Crippen molar-refractivity contribution in [2.75, 3.05) is 7.11 Å². The highest BCUT2D eigenvalue weighted by atomic mass is 16.5. The van der Waals surface area contributed by atoms with Gasteiger partial charge in [0.05, 0.1) is 7.11 Å². The lowest BCUT2D eigenvalue weighted by molar-refractivity contribution is -0.144. The molecule has 0 aromatic carbocycles. The Labute approximate surface area is 79.2 Å². The molecule has 0 aromatic rings. The van der Waals surface area contributed by atoms with Crippen molar-refractivity contribution >= 4 is 5.97 Å². The third-order valence-corrected chi connectivity index (χ3v) is 2.42. The number of piperidine rings is 1. The Morgan fingerprint density at radius 1 is 1.69 bits per heavy atom. The average Bonchev–Trinajstić information content (AvgIpc) is 2.18. The van der Waals surface area contributed by atoms with Crippen LogP contribution in [-0.4, -0.2) is 25.2 Å². The lowest BCUT2D eigenvalue weighted by Gasteiger charge is -2.28. The van der Waals surface area contributed by atoms with Crippen LogP contribution in [0.3, 0.4) is 0 Å². The van der Waals surface area contributed by atoms with Crippen LogP contribution in [0.25, 0.3) is 0 Å². The minimum Gasteiger partial charge on any atom is -0.468 e. The predicted molar refractivity (Wildman–Crippen MR) is 51.4 cm³/mol. The second-order valence-corrected chi connectivity index (χ2v) is 3.39. The lowest BCUT2D eigenvalue weighted by atomic mass is 9.96. The van der Waals surface area contributed by atoms with E-state index < -0.39 is 0 Å². The molecule has 0 spiro atoms. The summed E-state index contributed by atoms with van der Waals surface area (Å²) in [5.41, 5.74) is 0. The summed E-state index contributed by atoms with van der Waals surface area (Å²) in [5, 5.41) is 3.26. The summed E-state index contributed by atoms with van der Waals surface area (Å²) in [5.74, 6) is -0.145. The average molecular weight is 183 g/mol. The smallest absolute Gasteiger partial charge is 0.322 e. The molecule has 74 valence electrons.